The lowest BCUT2D eigenvalue weighted by Crippen LogP contribution is -2.27. The lowest BCUT2D eigenvalue weighted by Gasteiger charge is -2.33. The van der Waals surface area contributed by atoms with Crippen LogP contribution in [0.25, 0.3) is 49.4 Å². The molecule has 0 bridgehead atoms. The number of benzene rings is 7. The zero-order valence-corrected chi connectivity index (χ0v) is 25.9. The number of fused-ring (bicyclic) bond motifs is 14. The smallest absolute Gasteiger partial charge is 0.0685 e. The fourth-order valence-corrected chi connectivity index (χ4v) is 10.4. The molecule has 1 unspecified atom stereocenters. The van der Waals surface area contributed by atoms with Crippen molar-refractivity contribution in [2.45, 2.75) is 27.5 Å². The van der Waals surface area contributed by atoms with E-state index in [1.807, 2.05) is 11.8 Å². The summed E-state index contributed by atoms with van der Waals surface area (Å²) in [4.78, 5) is 2.69. The van der Waals surface area contributed by atoms with Gasteiger partial charge in [0.05, 0.1) is 5.41 Å². The van der Waals surface area contributed by atoms with E-state index >= 15 is 0 Å². The molecule has 0 fully saturated rings. The second-order valence-corrected chi connectivity index (χ2v) is 14.2. The van der Waals surface area contributed by atoms with Crippen LogP contribution in [-0.4, -0.2) is 0 Å². The molecule has 7 aromatic rings. The molecule has 0 amide bonds. The lowest BCUT2D eigenvalue weighted by molar-refractivity contribution is 0.710. The molecule has 11 rings (SSSR count). The highest BCUT2D eigenvalue weighted by Gasteiger charge is 2.55. The molecule has 1 spiro atoms. The van der Waals surface area contributed by atoms with Crippen molar-refractivity contribution in [2.75, 3.05) is 0 Å². The Bertz CT molecular complexity index is 2490. The monoisotopic (exact) mass is 600 g/mol. The van der Waals surface area contributed by atoms with Gasteiger partial charge < -0.3 is 0 Å². The van der Waals surface area contributed by atoms with Gasteiger partial charge in [0.1, 0.15) is 0 Å². The van der Waals surface area contributed by atoms with Gasteiger partial charge in [-0.05, 0) is 102 Å². The Labute approximate surface area is 272 Å². The van der Waals surface area contributed by atoms with Crippen LogP contribution in [0.4, 0.5) is 0 Å². The summed E-state index contributed by atoms with van der Waals surface area (Å²) in [5, 5.41) is 5.42. The largest absolute Gasteiger partial charge is 0.0888 e. The van der Waals surface area contributed by atoms with E-state index in [1.165, 1.54) is 92.6 Å². The van der Waals surface area contributed by atoms with Gasteiger partial charge in [-0.25, -0.2) is 0 Å². The molecule has 7 aromatic carbocycles. The third-order valence-corrected chi connectivity index (χ3v) is 12.2. The van der Waals surface area contributed by atoms with E-state index in [4.69, 9.17) is 0 Å². The second kappa shape index (κ2) is 9.00. The van der Waals surface area contributed by atoms with E-state index < -0.39 is 0 Å². The molecular formula is C45H28S. The Hall–Kier alpha value is -5.11. The second-order valence-electron chi connectivity index (χ2n) is 13.1. The molecule has 1 atom stereocenters. The predicted molar refractivity (Wildman–Crippen MR) is 193 cm³/mol. The van der Waals surface area contributed by atoms with E-state index in [0.29, 0.717) is 5.92 Å². The van der Waals surface area contributed by atoms with Crippen molar-refractivity contribution in [3.63, 3.8) is 0 Å². The average molecular weight is 601 g/mol. The number of rotatable bonds is 1. The van der Waals surface area contributed by atoms with Gasteiger partial charge in [-0.1, -0.05) is 145 Å². The third-order valence-electron chi connectivity index (χ3n) is 11.1. The highest BCUT2D eigenvalue weighted by Crippen LogP contribution is 2.66. The van der Waals surface area contributed by atoms with Crippen molar-refractivity contribution >= 4 is 38.9 Å². The van der Waals surface area contributed by atoms with Crippen LogP contribution < -0.4 is 0 Å². The van der Waals surface area contributed by atoms with Gasteiger partial charge in [-0.3, -0.25) is 0 Å². The Morgan fingerprint density at radius 1 is 0.543 bits per heavy atom. The first-order chi connectivity index (χ1) is 22.8. The van der Waals surface area contributed by atoms with Crippen LogP contribution in [-0.2, 0) is 5.41 Å². The van der Waals surface area contributed by atoms with E-state index in [0.717, 1.165) is 6.42 Å². The molecule has 214 valence electrons. The Kier molecular flexibility index (Phi) is 4.91. The van der Waals surface area contributed by atoms with Crippen LogP contribution in [0.15, 0.2) is 167 Å². The quantitative estimate of drug-likeness (QED) is 0.181. The van der Waals surface area contributed by atoms with Crippen molar-refractivity contribution in [2.24, 2.45) is 0 Å². The fourth-order valence-electron chi connectivity index (χ4n) is 9.28. The van der Waals surface area contributed by atoms with E-state index in [1.54, 1.807) is 0 Å². The van der Waals surface area contributed by atoms with E-state index in [-0.39, 0.29) is 5.41 Å². The molecule has 4 aliphatic rings. The molecule has 0 aromatic heterocycles. The van der Waals surface area contributed by atoms with E-state index in [2.05, 4.69) is 152 Å². The average Bonchev–Trinajstić information content (AvgIpc) is 3.59. The molecule has 1 aliphatic heterocycles. The van der Waals surface area contributed by atoms with Gasteiger partial charge >= 0.3 is 0 Å². The minimum atomic E-state index is -0.300. The zero-order valence-electron chi connectivity index (χ0n) is 25.1. The third kappa shape index (κ3) is 3.07. The summed E-state index contributed by atoms with van der Waals surface area (Å²) in [5.74, 6) is 0.331. The summed E-state index contributed by atoms with van der Waals surface area (Å²) in [7, 11) is 0. The summed E-state index contributed by atoms with van der Waals surface area (Å²) in [5.41, 5.74) is 15.1. The van der Waals surface area contributed by atoms with Crippen LogP contribution in [0.5, 0.6) is 0 Å². The normalized spacial score (nSPS) is 17.6. The Morgan fingerprint density at radius 2 is 1.26 bits per heavy atom. The topological polar surface area (TPSA) is 0 Å². The van der Waals surface area contributed by atoms with Crippen LogP contribution in [0.2, 0.25) is 0 Å². The molecule has 0 saturated heterocycles. The van der Waals surface area contributed by atoms with Crippen LogP contribution in [0.1, 0.15) is 40.2 Å². The number of hydrogen-bond acceptors (Lipinski definition) is 1. The van der Waals surface area contributed by atoms with Crippen molar-refractivity contribution in [1.29, 1.82) is 0 Å². The SMILES string of the molecule is C1=C(c2ccc3c(c2)-c2cccc4cccc(c24)S3)C=C2C(C1)c1c(ccc3ccccc13)C21c2ccccc2-c2ccccc21. The van der Waals surface area contributed by atoms with Gasteiger partial charge in [0.15, 0.2) is 0 Å². The Balaban J connectivity index is 1.17. The molecule has 3 aliphatic carbocycles. The van der Waals surface area contributed by atoms with Crippen molar-refractivity contribution in [3.05, 3.63) is 185 Å². The molecule has 0 saturated carbocycles. The standard InChI is InChI=1S/C45H28S/c1-2-12-31-27(9-1)20-23-39-44(31)35-22-19-30(26-40(35)45(39)37-16-5-3-13-32(37)33-14-4-6-17-38(33)45)29-21-24-41-36(25-29)34-15-7-10-28-11-8-18-42(46-41)43(28)34/h1-21,23-26,35H,22H2. The minimum absolute atomic E-state index is 0.300. The van der Waals surface area contributed by atoms with Gasteiger partial charge in [0, 0.05) is 21.1 Å². The zero-order chi connectivity index (χ0) is 30.0. The molecule has 1 heteroatoms. The molecule has 46 heavy (non-hydrogen) atoms. The maximum absolute atomic E-state index is 2.58. The maximum atomic E-state index is 2.58. The first-order valence-corrected chi connectivity index (χ1v) is 17.1. The number of allylic oxidation sites excluding steroid dienone is 4. The van der Waals surface area contributed by atoms with Crippen LogP contribution in [0.3, 0.4) is 0 Å². The molecule has 0 N–H and O–H groups in total. The fraction of sp³-hybridized carbons (Fsp3) is 0.0667. The van der Waals surface area contributed by atoms with Crippen LogP contribution >= 0.6 is 11.8 Å². The summed E-state index contributed by atoms with van der Waals surface area (Å²) < 4.78 is 0. The highest BCUT2D eigenvalue weighted by molar-refractivity contribution is 7.99. The molecule has 1 heterocycles. The summed E-state index contributed by atoms with van der Waals surface area (Å²) in [6.07, 6.45) is 6.09. The molecular weight excluding hydrogens is 573 g/mol. The van der Waals surface area contributed by atoms with Crippen molar-refractivity contribution in [3.8, 4) is 22.3 Å². The maximum Gasteiger partial charge on any atom is 0.0685 e. The predicted octanol–water partition coefficient (Wildman–Crippen LogP) is 12.0. The highest BCUT2D eigenvalue weighted by atomic mass is 32.2. The summed E-state index contributed by atoms with van der Waals surface area (Å²) in [6, 6.07) is 52.7. The van der Waals surface area contributed by atoms with Gasteiger partial charge in [-0.15, -0.1) is 0 Å². The van der Waals surface area contributed by atoms with Gasteiger partial charge in [0.2, 0.25) is 0 Å². The molecule has 0 radical (unpaired) electrons. The summed E-state index contributed by atoms with van der Waals surface area (Å²) in [6.45, 7) is 0. The van der Waals surface area contributed by atoms with Crippen molar-refractivity contribution < 1.29 is 0 Å². The van der Waals surface area contributed by atoms with Gasteiger partial charge in [0.25, 0.3) is 0 Å². The van der Waals surface area contributed by atoms with Crippen molar-refractivity contribution in [1.82, 2.24) is 0 Å². The Morgan fingerprint density at radius 3 is 2.11 bits per heavy atom. The number of hydrogen-bond donors (Lipinski definition) is 0. The van der Waals surface area contributed by atoms with Gasteiger partial charge in [-0.2, -0.15) is 0 Å². The molecule has 0 nitrogen and oxygen atoms in total. The minimum Gasteiger partial charge on any atom is -0.0888 e. The van der Waals surface area contributed by atoms with Crippen LogP contribution in [0, 0.1) is 0 Å². The summed E-state index contributed by atoms with van der Waals surface area (Å²) >= 11 is 1.90. The van der Waals surface area contributed by atoms with E-state index in [9.17, 15) is 0 Å². The first-order valence-electron chi connectivity index (χ1n) is 16.3. The first kappa shape index (κ1) is 25.1. The lowest BCUT2D eigenvalue weighted by atomic mass is 9.68.